The fourth-order valence-corrected chi connectivity index (χ4v) is 5.77. The maximum absolute atomic E-state index is 14.2. The standard InChI is InChI=1S/C28H25BrF2N2O4S/c1-38(35,36)33(15-17-5-11-22(29)23(31)12-17)24-14-25-21(13-19(24)6-4-16-2-3-16)26(28(32)34)27(37-25)18-7-9-20(30)10-8-18/h5,7-14,16H,2-4,6,15H2,1H3,(H2,32,34). The molecule has 1 heterocycles. The fourth-order valence-electron chi connectivity index (χ4n) is 4.61. The minimum Gasteiger partial charge on any atom is -0.455 e. The lowest BCUT2D eigenvalue weighted by Gasteiger charge is -2.25. The minimum atomic E-state index is -3.81. The summed E-state index contributed by atoms with van der Waals surface area (Å²) in [5, 5.41) is 0.453. The van der Waals surface area contributed by atoms with Crippen molar-refractivity contribution in [3.63, 3.8) is 0 Å². The molecule has 0 spiro atoms. The van der Waals surface area contributed by atoms with Gasteiger partial charge in [0.15, 0.2) is 0 Å². The van der Waals surface area contributed by atoms with E-state index in [2.05, 4.69) is 15.9 Å². The Hall–Kier alpha value is -3.24. The number of aryl methyl sites for hydroxylation is 1. The fraction of sp³-hybridized carbons (Fsp3) is 0.250. The highest BCUT2D eigenvalue weighted by atomic mass is 79.9. The number of halogens is 3. The van der Waals surface area contributed by atoms with Gasteiger partial charge >= 0.3 is 0 Å². The first kappa shape index (κ1) is 26.4. The van der Waals surface area contributed by atoms with Gasteiger partial charge in [-0.25, -0.2) is 17.2 Å². The van der Waals surface area contributed by atoms with E-state index in [1.165, 1.54) is 40.7 Å². The average molecular weight is 603 g/mol. The molecule has 0 radical (unpaired) electrons. The zero-order valence-corrected chi connectivity index (χ0v) is 22.9. The van der Waals surface area contributed by atoms with E-state index < -0.39 is 27.6 Å². The van der Waals surface area contributed by atoms with Crippen LogP contribution in [0.15, 0.2) is 63.5 Å². The van der Waals surface area contributed by atoms with Gasteiger partial charge in [0.25, 0.3) is 5.91 Å². The molecule has 6 nitrogen and oxygen atoms in total. The summed E-state index contributed by atoms with van der Waals surface area (Å²) < 4.78 is 61.4. The third-order valence-corrected chi connectivity index (χ3v) is 8.51. The summed E-state index contributed by atoms with van der Waals surface area (Å²) in [4.78, 5) is 12.5. The molecule has 1 aliphatic carbocycles. The van der Waals surface area contributed by atoms with Crippen molar-refractivity contribution in [1.82, 2.24) is 0 Å². The molecule has 1 aromatic heterocycles. The molecule has 0 atom stereocenters. The molecule has 1 fully saturated rings. The number of furan rings is 1. The van der Waals surface area contributed by atoms with Crippen molar-refractivity contribution < 1.29 is 26.4 Å². The van der Waals surface area contributed by atoms with Crippen LogP contribution in [0, 0.1) is 17.6 Å². The van der Waals surface area contributed by atoms with Gasteiger partial charge in [0.1, 0.15) is 23.0 Å². The van der Waals surface area contributed by atoms with E-state index in [1.54, 1.807) is 18.2 Å². The van der Waals surface area contributed by atoms with Crippen molar-refractivity contribution in [1.29, 1.82) is 0 Å². The van der Waals surface area contributed by atoms with Crippen LogP contribution >= 0.6 is 15.9 Å². The number of benzene rings is 3. The lowest BCUT2D eigenvalue weighted by Crippen LogP contribution is -2.30. The number of hydrogen-bond donors (Lipinski definition) is 1. The molecule has 1 amide bonds. The molecule has 2 N–H and O–H groups in total. The number of rotatable bonds is 9. The molecule has 38 heavy (non-hydrogen) atoms. The molecule has 10 heteroatoms. The van der Waals surface area contributed by atoms with Crippen LogP contribution in [0.1, 0.15) is 40.7 Å². The van der Waals surface area contributed by atoms with E-state index in [4.69, 9.17) is 10.2 Å². The Morgan fingerprint density at radius 2 is 1.82 bits per heavy atom. The maximum Gasteiger partial charge on any atom is 0.253 e. The molecule has 198 valence electrons. The quantitative estimate of drug-likeness (QED) is 0.235. The van der Waals surface area contributed by atoms with Gasteiger partial charge in [-0.05, 0) is 88.3 Å². The number of fused-ring (bicyclic) bond motifs is 1. The molecule has 1 saturated carbocycles. The van der Waals surface area contributed by atoms with Crippen LogP contribution in [0.5, 0.6) is 0 Å². The van der Waals surface area contributed by atoms with Gasteiger partial charge in [-0.2, -0.15) is 0 Å². The Kier molecular flexibility index (Phi) is 7.04. The van der Waals surface area contributed by atoms with Crippen molar-refractivity contribution in [2.24, 2.45) is 11.7 Å². The second kappa shape index (κ2) is 10.1. The van der Waals surface area contributed by atoms with Gasteiger partial charge in [0.05, 0.1) is 28.5 Å². The van der Waals surface area contributed by atoms with E-state index in [1.807, 2.05) is 0 Å². The predicted molar refractivity (Wildman–Crippen MR) is 146 cm³/mol. The lowest BCUT2D eigenvalue weighted by atomic mass is 9.99. The smallest absolute Gasteiger partial charge is 0.253 e. The van der Waals surface area contributed by atoms with Crippen LogP contribution in [-0.2, 0) is 23.0 Å². The topological polar surface area (TPSA) is 93.6 Å². The number of nitrogens with two attached hydrogens (primary N) is 1. The highest BCUT2D eigenvalue weighted by Crippen LogP contribution is 2.40. The highest BCUT2D eigenvalue weighted by molar-refractivity contribution is 9.10. The van der Waals surface area contributed by atoms with Crippen LogP contribution in [0.2, 0.25) is 0 Å². The van der Waals surface area contributed by atoms with Crippen molar-refractivity contribution in [2.45, 2.75) is 32.2 Å². The summed E-state index contributed by atoms with van der Waals surface area (Å²) in [5.41, 5.74) is 8.18. The molecule has 1 aliphatic rings. The Morgan fingerprint density at radius 3 is 2.42 bits per heavy atom. The SMILES string of the molecule is CS(=O)(=O)N(Cc1ccc(Br)c(F)c1)c1cc2oc(-c3ccc(F)cc3)c(C(N)=O)c2cc1CCC1CC1. The maximum atomic E-state index is 14.2. The van der Waals surface area contributed by atoms with Gasteiger partial charge in [0, 0.05) is 17.0 Å². The largest absolute Gasteiger partial charge is 0.455 e. The minimum absolute atomic E-state index is 0.0980. The summed E-state index contributed by atoms with van der Waals surface area (Å²) in [6.07, 6.45) is 4.78. The van der Waals surface area contributed by atoms with Crippen molar-refractivity contribution in [3.05, 3.63) is 87.4 Å². The summed E-state index contributed by atoms with van der Waals surface area (Å²) in [5.74, 6) is -0.904. The molecule has 3 aromatic carbocycles. The predicted octanol–water partition coefficient (Wildman–Crippen LogP) is 6.55. The zero-order valence-electron chi connectivity index (χ0n) is 20.5. The van der Waals surface area contributed by atoms with Crippen molar-refractivity contribution >= 4 is 48.5 Å². The van der Waals surface area contributed by atoms with Crippen LogP contribution < -0.4 is 10.0 Å². The summed E-state index contributed by atoms with van der Waals surface area (Å²) in [6.45, 7) is -0.0980. The van der Waals surface area contributed by atoms with E-state index in [9.17, 15) is 22.0 Å². The van der Waals surface area contributed by atoms with Crippen LogP contribution in [0.3, 0.4) is 0 Å². The van der Waals surface area contributed by atoms with Crippen molar-refractivity contribution in [2.75, 3.05) is 10.6 Å². The number of primary amides is 1. The second-order valence-electron chi connectivity index (χ2n) is 9.65. The van der Waals surface area contributed by atoms with E-state index >= 15 is 0 Å². The number of amides is 1. The van der Waals surface area contributed by atoms with Crippen LogP contribution in [0.4, 0.5) is 14.5 Å². The second-order valence-corrected chi connectivity index (χ2v) is 12.4. The number of carbonyl (C=O) groups excluding carboxylic acids is 1. The first-order valence-electron chi connectivity index (χ1n) is 12.1. The Bertz CT molecular complexity index is 1650. The molecule has 0 bridgehead atoms. The summed E-state index contributed by atoms with van der Waals surface area (Å²) >= 11 is 3.12. The van der Waals surface area contributed by atoms with Crippen molar-refractivity contribution in [3.8, 4) is 11.3 Å². The monoisotopic (exact) mass is 602 g/mol. The third kappa shape index (κ3) is 5.47. The van der Waals surface area contributed by atoms with E-state index in [0.29, 0.717) is 40.1 Å². The molecule has 5 rings (SSSR count). The number of hydrogen-bond acceptors (Lipinski definition) is 4. The number of carbonyl (C=O) groups is 1. The van der Waals surface area contributed by atoms with Gasteiger partial charge in [0.2, 0.25) is 10.0 Å². The summed E-state index contributed by atoms with van der Waals surface area (Å²) in [7, 11) is -3.81. The zero-order chi connectivity index (χ0) is 27.2. The molecular formula is C28H25BrF2N2O4S. The first-order valence-corrected chi connectivity index (χ1v) is 14.7. The third-order valence-electron chi connectivity index (χ3n) is 6.74. The Labute approximate surface area is 227 Å². The molecule has 0 unspecified atom stereocenters. The van der Waals surface area contributed by atoms with Gasteiger partial charge < -0.3 is 10.2 Å². The van der Waals surface area contributed by atoms with Crippen LogP contribution in [0.25, 0.3) is 22.3 Å². The molecular weight excluding hydrogens is 578 g/mol. The Balaban J connectivity index is 1.69. The van der Waals surface area contributed by atoms with Gasteiger partial charge in [-0.3, -0.25) is 9.10 Å². The number of sulfonamides is 1. The lowest BCUT2D eigenvalue weighted by molar-refractivity contribution is 0.100. The van der Waals surface area contributed by atoms with Gasteiger partial charge in [-0.15, -0.1) is 0 Å². The normalized spacial score (nSPS) is 13.7. The number of nitrogens with zero attached hydrogens (tertiary/aromatic N) is 1. The Morgan fingerprint density at radius 1 is 1.11 bits per heavy atom. The number of anilines is 1. The molecule has 0 saturated heterocycles. The molecule has 0 aliphatic heterocycles. The first-order chi connectivity index (χ1) is 18.0. The summed E-state index contributed by atoms with van der Waals surface area (Å²) in [6, 6.07) is 13.3. The average Bonchev–Trinajstić information content (AvgIpc) is 3.61. The van der Waals surface area contributed by atoms with E-state index in [-0.39, 0.29) is 27.9 Å². The van der Waals surface area contributed by atoms with Gasteiger partial charge in [-0.1, -0.05) is 18.9 Å². The molecule has 4 aromatic rings. The highest BCUT2D eigenvalue weighted by Gasteiger charge is 2.28. The van der Waals surface area contributed by atoms with E-state index in [0.717, 1.165) is 25.5 Å². The van der Waals surface area contributed by atoms with Crippen LogP contribution in [-0.4, -0.2) is 20.6 Å².